The van der Waals surface area contributed by atoms with E-state index >= 15 is 0 Å². The molecule has 0 aliphatic heterocycles. The maximum absolute atomic E-state index is 12.7. The quantitative estimate of drug-likeness (QED) is 0.397. The second kappa shape index (κ2) is 10.0. The van der Waals surface area contributed by atoms with Gasteiger partial charge in [-0.2, -0.15) is 13.2 Å². The third kappa shape index (κ3) is 7.23. The molecule has 0 heterocycles. The van der Waals surface area contributed by atoms with Crippen LogP contribution in [0.4, 0.5) is 18.9 Å². The fourth-order valence-electron chi connectivity index (χ4n) is 2.60. The van der Waals surface area contributed by atoms with Gasteiger partial charge in [0.05, 0.1) is 21.9 Å². The minimum Gasteiger partial charge on any atom is -0.291 e. The van der Waals surface area contributed by atoms with E-state index in [4.69, 9.17) is 5.21 Å². The Labute approximate surface area is 147 Å². The Morgan fingerprint density at radius 2 is 1.56 bits per heavy atom. The first kappa shape index (κ1) is 21.8. The molecule has 8 heteroatoms. The van der Waals surface area contributed by atoms with Crippen molar-refractivity contribution in [2.24, 2.45) is 0 Å². The van der Waals surface area contributed by atoms with Crippen molar-refractivity contribution in [2.45, 2.75) is 69.4 Å². The second-order valence-electron chi connectivity index (χ2n) is 6.11. The van der Waals surface area contributed by atoms with Gasteiger partial charge in [-0.05, 0) is 24.6 Å². The van der Waals surface area contributed by atoms with Crippen LogP contribution in [0.25, 0.3) is 0 Å². The summed E-state index contributed by atoms with van der Waals surface area (Å²) < 4.78 is 62.6. The highest BCUT2D eigenvalue weighted by molar-refractivity contribution is 7.91. The van der Waals surface area contributed by atoms with Gasteiger partial charge < -0.3 is 0 Å². The van der Waals surface area contributed by atoms with E-state index in [1.807, 2.05) is 0 Å². The molecule has 0 atom stereocenters. The standard InChI is InChI=1S/C17H26F3NO3S/c1-2-3-4-5-6-7-8-9-12-25(23,24)16-11-10-14(17(18,19)20)13-15(16)21-22/h10-11,13,21-22H,2-9,12H2,1H3. The average Bonchev–Trinajstić information content (AvgIpc) is 2.55. The zero-order valence-electron chi connectivity index (χ0n) is 14.4. The first-order valence-electron chi connectivity index (χ1n) is 8.56. The van der Waals surface area contributed by atoms with Gasteiger partial charge in [0.2, 0.25) is 0 Å². The predicted octanol–water partition coefficient (Wildman–Crippen LogP) is 5.42. The summed E-state index contributed by atoms with van der Waals surface area (Å²) in [6.07, 6.45) is 3.30. The number of hydrogen-bond acceptors (Lipinski definition) is 4. The largest absolute Gasteiger partial charge is 0.416 e. The third-order valence-corrected chi connectivity index (χ3v) is 5.88. The highest BCUT2D eigenvalue weighted by atomic mass is 32.2. The zero-order chi connectivity index (χ0) is 18.9. The van der Waals surface area contributed by atoms with Crippen molar-refractivity contribution in [3.8, 4) is 0 Å². The van der Waals surface area contributed by atoms with Gasteiger partial charge in [0.1, 0.15) is 0 Å². The van der Waals surface area contributed by atoms with Crippen molar-refractivity contribution >= 4 is 15.5 Å². The van der Waals surface area contributed by atoms with Gasteiger partial charge in [0, 0.05) is 0 Å². The summed E-state index contributed by atoms with van der Waals surface area (Å²) in [4.78, 5) is -0.314. The summed E-state index contributed by atoms with van der Waals surface area (Å²) >= 11 is 0. The summed E-state index contributed by atoms with van der Waals surface area (Å²) in [5.74, 6) is -0.151. The van der Waals surface area contributed by atoms with Crippen molar-refractivity contribution in [1.29, 1.82) is 0 Å². The molecule has 4 nitrogen and oxygen atoms in total. The van der Waals surface area contributed by atoms with Gasteiger partial charge in [-0.3, -0.25) is 10.7 Å². The van der Waals surface area contributed by atoms with E-state index in [9.17, 15) is 21.6 Å². The van der Waals surface area contributed by atoms with Crippen LogP contribution >= 0.6 is 0 Å². The zero-order valence-corrected chi connectivity index (χ0v) is 15.2. The van der Waals surface area contributed by atoms with Crippen molar-refractivity contribution in [3.05, 3.63) is 23.8 Å². The Morgan fingerprint density at radius 1 is 1.00 bits per heavy atom. The second-order valence-corrected chi connectivity index (χ2v) is 8.19. The highest BCUT2D eigenvalue weighted by Gasteiger charge is 2.32. The summed E-state index contributed by atoms with van der Waals surface area (Å²) in [7, 11) is -3.76. The number of alkyl halides is 3. The minimum absolute atomic E-state index is 0.151. The van der Waals surface area contributed by atoms with E-state index < -0.39 is 27.3 Å². The molecule has 0 radical (unpaired) electrons. The number of nitrogens with one attached hydrogen (secondary N) is 1. The summed E-state index contributed by atoms with van der Waals surface area (Å²) in [6.45, 7) is 2.14. The Morgan fingerprint density at radius 3 is 2.08 bits per heavy atom. The molecule has 0 amide bonds. The molecule has 0 unspecified atom stereocenters. The molecular weight excluding hydrogens is 355 g/mol. The van der Waals surface area contributed by atoms with Crippen LogP contribution in [0.2, 0.25) is 0 Å². The lowest BCUT2D eigenvalue weighted by molar-refractivity contribution is -0.137. The lowest BCUT2D eigenvalue weighted by Crippen LogP contribution is -2.12. The normalized spacial score (nSPS) is 12.4. The van der Waals surface area contributed by atoms with Crippen molar-refractivity contribution < 1.29 is 26.8 Å². The Kier molecular flexibility index (Phi) is 8.71. The molecule has 0 aliphatic rings. The van der Waals surface area contributed by atoms with Gasteiger partial charge in [-0.15, -0.1) is 0 Å². The van der Waals surface area contributed by atoms with Crippen molar-refractivity contribution in [2.75, 3.05) is 11.2 Å². The molecule has 0 saturated heterocycles. The number of sulfone groups is 1. The van der Waals surface area contributed by atoms with E-state index in [0.717, 1.165) is 31.7 Å². The molecule has 0 fully saturated rings. The molecule has 0 aliphatic carbocycles. The lowest BCUT2D eigenvalue weighted by Gasteiger charge is -2.13. The van der Waals surface area contributed by atoms with Crippen LogP contribution in [-0.2, 0) is 16.0 Å². The van der Waals surface area contributed by atoms with Crippen LogP contribution in [0.3, 0.4) is 0 Å². The van der Waals surface area contributed by atoms with Crippen LogP contribution in [0.1, 0.15) is 63.9 Å². The van der Waals surface area contributed by atoms with Gasteiger partial charge >= 0.3 is 6.18 Å². The third-order valence-electron chi connectivity index (χ3n) is 4.03. The van der Waals surface area contributed by atoms with E-state index in [1.165, 1.54) is 19.3 Å². The van der Waals surface area contributed by atoms with E-state index in [1.54, 1.807) is 5.48 Å². The van der Waals surface area contributed by atoms with Crippen LogP contribution in [0, 0.1) is 0 Å². The average molecular weight is 381 g/mol. The molecule has 1 aromatic rings. The first-order valence-corrected chi connectivity index (χ1v) is 10.2. The number of unbranched alkanes of at least 4 members (excludes halogenated alkanes) is 7. The fourth-order valence-corrected chi connectivity index (χ4v) is 4.12. The van der Waals surface area contributed by atoms with Crippen LogP contribution < -0.4 is 5.48 Å². The number of hydrogen-bond donors (Lipinski definition) is 2. The molecule has 0 saturated carbocycles. The molecule has 0 spiro atoms. The Hall–Kier alpha value is -1.28. The summed E-state index contributed by atoms with van der Waals surface area (Å²) in [5.41, 5.74) is 0.0972. The minimum atomic E-state index is -4.61. The summed E-state index contributed by atoms with van der Waals surface area (Å²) in [5, 5.41) is 9.00. The lowest BCUT2D eigenvalue weighted by atomic mass is 10.1. The molecule has 144 valence electrons. The van der Waals surface area contributed by atoms with Gasteiger partial charge in [0.15, 0.2) is 9.84 Å². The number of halogens is 3. The SMILES string of the molecule is CCCCCCCCCCS(=O)(=O)c1ccc(C(F)(F)F)cc1NO. The van der Waals surface area contributed by atoms with Crippen molar-refractivity contribution in [1.82, 2.24) is 0 Å². The molecule has 0 bridgehead atoms. The first-order chi connectivity index (χ1) is 11.7. The highest BCUT2D eigenvalue weighted by Crippen LogP contribution is 2.34. The van der Waals surface area contributed by atoms with Gasteiger partial charge in [0.25, 0.3) is 0 Å². The molecule has 1 rings (SSSR count). The molecule has 1 aromatic carbocycles. The molecule has 2 N–H and O–H groups in total. The Balaban J connectivity index is 2.61. The fraction of sp³-hybridized carbons (Fsp3) is 0.647. The molecule has 0 aromatic heterocycles. The maximum Gasteiger partial charge on any atom is 0.416 e. The van der Waals surface area contributed by atoms with E-state index in [-0.39, 0.29) is 10.6 Å². The van der Waals surface area contributed by atoms with Crippen molar-refractivity contribution in [3.63, 3.8) is 0 Å². The van der Waals surface area contributed by atoms with Crippen LogP contribution in [0.15, 0.2) is 23.1 Å². The number of benzene rings is 1. The van der Waals surface area contributed by atoms with Gasteiger partial charge in [-0.25, -0.2) is 8.42 Å². The van der Waals surface area contributed by atoms with Crippen LogP contribution in [-0.4, -0.2) is 19.4 Å². The monoisotopic (exact) mass is 381 g/mol. The number of rotatable bonds is 11. The smallest absolute Gasteiger partial charge is 0.291 e. The van der Waals surface area contributed by atoms with E-state index in [2.05, 4.69) is 6.92 Å². The maximum atomic E-state index is 12.7. The van der Waals surface area contributed by atoms with Crippen LogP contribution in [0.5, 0.6) is 0 Å². The molecular formula is C17H26F3NO3S. The summed E-state index contributed by atoms with van der Waals surface area (Å²) in [6, 6.07) is 2.20. The van der Waals surface area contributed by atoms with Gasteiger partial charge in [-0.1, -0.05) is 51.9 Å². The number of anilines is 1. The van der Waals surface area contributed by atoms with E-state index in [0.29, 0.717) is 18.6 Å². The predicted molar refractivity (Wildman–Crippen MR) is 91.5 cm³/mol. The topological polar surface area (TPSA) is 66.4 Å². The molecule has 25 heavy (non-hydrogen) atoms. The Bertz CT molecular complexity index is 631.